The second-order valence-electron chi connectivity index (χ2n) is 6.47. The fraction of sp³-hybridized carbons (Fsp3) is 0.938. The van der Waals surface area contributed by atoms with Crippen molar-refractivity contribution in [1.29, 1.82) is 5.26 Å². The topological polar surface area (TPSA) is 45.0 Å². The number of nitrogens with one attached hydrogen (secondary N) is 1. The lowest BCUT2D eigenvalue weighted by atomic mass is 9.84. The molecule has 2 rings (SSSR count). The number of nitrogens with zero attached hydrogens (tertiary/aromatic N) is 1. The van der Waals surface area contributed by atoms with Gasteiger partial charge in [-0.05, 0) is 38.5 Å². The number of nitriles is 1. The van der Waals surface area contributed by atoms with Crippen LogP contribution in [0.5, 0.6) is 0 Å². The minimum absolute atomic E-state index is 0.405. The van der Waals surface area contributed by atoms with Gasteiger partial charge >= 0.3 is 0 Å². The molecule has 0 spiro atoms. The normalized spacial score (nSPS) is 30.6. The Labute approximate surface area is 117 Å². The van der Waals surface area contributed by atoms with Crippen LogP contribution in [0.25, 0.3) is 0 Å². The molecule has 19 heavy (non-hydrogen) atoms. The van der Waals surface area contributed by atoms with Gasteiger partial charge in [0, 0.05) is 19.1 Å². The van der Waals surface area contributed by atoms with E-state index in [-0.39, 0.29) is 0 Å². The smallest absolute Gasteiger partial charge is 0.106 e. The Morgan fingerprint density at radius 3 is 2.63 bits per heavy atom. The average molecular weight is 264 g/mol. The first-order chi connectivity index (χ1) is 9.17. The molecule has 0 aliphatic heterocycles. The van der Waals surface area contributed by atoms with Gasteiger partial charge in [-0.2, -0.15) is 5.26 Å². The number of rotatable bonds is 7. The van der Waals surface area contributed by atoms with E-state index in [0.29, 0.717) is 18.8 Å². The second-order valence-corrected chi connectivity index (χ2v) is 6.47. The highest BCUT2D eigenvalue weighted by atomic mass is 16.5. The fourth-order valence-corrected chi connectivity index (χ4v) is 3.11. The summed E-state index contributed by atoms with van der Waals surface area (Å²) in [5.41, 5.74) is -0.405. The van der Waals surface area contributed by atoms with E-state index in [4.69, 9.17) is 4.74 Å². The minimum atomic E-state index is -0.405. The van der Waals surface area contributed by atoms with E-state index in [1.165, 1.54) is 44.9 Å². The lowest BCUT2D eigenvalue weighted by Gasteiger charge is -2.32. The Balaban J connectivity index is 1.73. The molecule has 1 N–H and O–H groups in total. The van der Waals surface area contributed by atoms with Crippen molar-refractivity contribution >= 4 is 0 Å². The summed E-state index contributed by atoms with van der Waals surface area (Å²) in [4.78, 5) is 0. The van der Waals surface area contributed by atoms with E-state index >= 15 is 0 Å². The Morgan fingerprint density at radius 1 is 1.26 bits per heavy atom. The zero-order chi connectivity index (χ0) is 13.7. The van der Waals surface area contributed by atoms with Gasteiger partial charge in [0.2, 0.25) is 0 Å². The molecule has 3 atom stereocenters. The van der Waals surface area contributed by atoms with Crippen LogP contribution in [0.2, 0.25) is 0 Å². The van der Waals surface area contributed by atoms with E-state index in [0.717, 1.165) is 12.3 Å². The maximum atomic E-state index is 9.33. The summed E-state index contributed by atoms with van der Waals surface area (Å²) >= 11 is 0. The van der Waals surface area contributed by atoms with Crippen LogP contribution in [0, 0.1) is 17.2 Å². The summed E-state index contributed by atoms with van der Waals surface area (Å²) in [5.74, 6) is 0.735. The SMILES string of the molecule is CCC1CCCCC1OCCC(C)(C#N)NC1CC1. The van der Waals surface area contributed by atoms with Crippen molar-refractivity contribution in [3.8, 4) is 6.07 Å². The second kappa shape index (κ2) is 6.72. The highest BCUT2D eigenvalue weighted by molar-refractivity contribution is 5.07. The predicted octanol–water partition coefficient (Wildman–Crippen LogP) is 3.40. The molecule has 2 aliphatic carbocycles. The van der Waals surface area contributed by atoms with Crippen LogP contribution in [0.3, 0.4) is 0 Å². The Kier molecular flexibility index (Phi) is 5.24. The van der Waals surface area contributed by atoms with Gasteiger partial charge in [0.05, 0.1) is 12.2 Å². The van der Waals surface area contributed by atoms with Crippen molar-refractivity contribution in [3.05, 3.63) is 0 Å². The van der Waals surface area contributed by atoms with Gasteiger partial charge in [0.25, 0.3) is 0 Å². The van der Waals surface area contributed by atoms with E-state index in [1.54, 1.807) is 0 Å². The fourth-order valence-electron chi connectivity index (χ4n) is 3.11. The summed E-state index contributed by atoms with van der Waals surface area (Å²) in [6.45, 7) is 4.98. The molecule has 3 nitrogen and oxygen atoms in total. The molecule has 2 aliphatic rings. The molecule has 0 bridgehead atoms. The van der Waals surface area contributed by atoms with Gasteiger partial charge in [-0.15, -0.1) is 0 Å². The largest absolute Gasteiger partial charge is 0.378 e. The molecule has 3 heteroatoms. The van der Waals surface area contributed by atoms with Crippen LogP contribution < -0.4 is 5.32 Å². The third kappa shape index (κ3) is 4.47. The predicted molar refractivity (Wildman–Crippen MR) is 76.8 cm³/mol. The summed E-state index contributed by atoms with van der Waals surface area (Å²) in [7, 11) is 0. The number of hydrogen-bond acceptors (Lipinski definition) is 3. The number of hydrogen-bond donors (Lipinski definition) is 1. The van der Waals surface area contributed by atoms with Gasteiger partial charge in [0.1, 0.15) is 5.54 Å². The van der Waals surface area contributed by atoms with E-state index in [9.17, 15) is 5.26 Å². The maximum absolute atomic E-state index is 9.33. The highest BCUT2D eigenvalue weighted by Gasteiger charge is 2.33. The zero-order valence-electron chi connectivity index (χ0n) is 12.5. The van der Waals surface area contributed by atoms with Gasteiger partial charge < -0.3 is 4.74 Å². The van der Waals surface area contributed by atoms with Gasteiger partial charge in [0.15, 0.2) is 0 Å². The Bertz CT molecular complexity index is 321. The summed E-state index contributed by atoms with van der Waals surface area (Å²) in [6.07, 6.45) is 10.1. The van der Waals surface area contributed by atoms with E-state index < -0.39 is 5.54 Å². The molecular formula is C16H28N2O. The molecule has 0 heterocycles. The minimum Gasteiger partial charge on any atom is -0.378 e. The first-order valence-corrected chi connectivity index (χ1v) is 7.97. The lowest BCUT2D eigenvalue weighted by molar-refractivity contribution is -0.0174. The Hall–Kier alpha value is -0.590. The quantitative estimate of drug-likeness (QED) is 0.766. The Morgan fingerprint density at radius 2 is 2.00 bits per heavy atom. The highest BCUT2D eigenvalue weighted by Crippen LogP contribution is 2.30. The third-order valence-electron chi connectivity index (χ3n) is 4.64. The molecule has 2 saturated carbocycles. The van der Waals surface area contributed by atoms with Gasteiger partial charge in [-0.25, -0.2) is 0 Å². The van der Waals surface area contributed by atoms with Crippen molar-refractivity contribution in [2.75, 3.05) is 6.61 Å². The van der Waals surface area contributed by atoms with Crippen LogP contribution in [0.1, 0.15) is 65.2 Å². The molecule has 0 aromatic carbocycles. The molecule has 3 unspecified atom stereocenters. The maximum Gasteiger partial charge on any atom is 0.106 e. The summed E-state index contributed by atoms with van der Waals surface area (Å²) in [5, 5.41) is 12.8. The van der Waals surface area contributed by atoms with Crippen molar-refractivity contribution in [1.82, 2.24) is 5.32 Å². The molecule has 0 saturated heterocycles. The van der Waals surface area contributed by atoms with Crippen LogP contribution in [-0.2, 0) is 4.74 Å². The van der Waals surface area contributed by atoms with Gasteiger partial charge in [-0.3, -0.25) is 5.32 Å². The summed E-state index contributed by atoms with van der Waals surface area (Å²) in [6, 6.07) is 2.99. The first-order valence-electron chi connectivity index (χ1n) is 7.97. The molecule has 0 aromatic rings. The molecule has 2 fully saturated rings. The average Bonchev–Trinajstić information content (AvgIpc) is 3.23. The van der Waals surface area contributed by atoms with Crippen molar-refractivity contribution in [2.45, 2.75) is 82.9 Å². The number of ether oxygens (including phenoxy) is 1. The van der Waals surface area contributed by atoms with Crippen molar-refractivity contribution in [2.24, 2.45) is 5.92 Å². The van der Waals surface area contributed by atoms with Crippen molar-refractivity contribution < 1.29 is 4.74 Å². The summed E-state index contributed by atoms with van der Waals surface area (Å²) < 4.78 is 6.09. The molecule has 108 valence electrons. The van der Waals surface area contributed by atoms with Crippen LogP contribution in [0.15, 0.2) is 0 Å². The van der Waals surface area contributed by atoms with Crippen LogP contribution in [-0.4, -0.2) is 24.3 Å². The van der Waals surface area contributed by atoms with E-state index in [1.807, 2.05) is 6.92 Å². The first kappa shape index (κ1) is 14.8. The van der Waals surface area contributed by atoms with Crippen molar-refractivity contribution in [3.63, 3.8) is 0 Å². The molecule has 0 aromatic heterocycles. The third-order valence-corrected chi connectivity index (χ3v) is 4.64. The zero-order valence-corrected chi connectivity index (χ0v) is 12.5. The molecule has 0 radical (unpaired) electrons. The van der Waals surface area contributed by atoms with Crippen LogP contribution in [0.4, 0.5) is 0 Å². The lowest BCUT2D eigenvalue weighted by Crippen LogP contribution is -2.43. The van der Waals surface area contributed by atoms with Gasteiger partial charge in [-0.1, -0.05) is 26.2 Å². The van der Waals surface area contributed by atoms with Crippen LogP contribution >= 0.6 is 0 Å². The standard InChI is InChI=1S/C16H28N2O/c1-3-13-6-4-5-7-15(13)19-11-10-16(2,12-17)18-14-8-9-14/h13-15,18H,3-11H2,1-2H3. The monoisotopic (exact) mass is 264 g/mol. The molecule has 0 amide bonds. The van der Waals surface area contributed by atoms with E-state index in [2.05, 4.69) is 18.3 Å². The molecular weight excluding hydrogens is 236 g/mol.